The first-order chi connectivity index (χ1) is 12.8. The van der Waals surface area contributed by atoms with E-state index in [4.69, 9.17) is 4.74 Å². The van der Waals surface area contributed by atoms with E-state index in [9.17, 15) is 4.79 Å². The van der Waals surface area contributed by atoms with Crippen molar-refractivity contribution in [2.24, 2.45) is 0 Å². The molecule has 1 aromatic carbocycles. The van der Waals surface area contributed by atoms with Gasteiger partial charge in [-0.1, -0.05) is 12.8 Å². The zero-order chi connectivity index (χ0) is 17.8. The molecule has 2 aliphatic rings. The zero-order valence-corrected chi connectivity index (χ0v) is 16.0. The van der Waals surface area contributed by atoms with E-state index in [1.54, 1.807) is 11.3 Å². The van der Waals surface area contributed by atoms with Crippen molar-refractivity contribution in [3.8, 4) is 5.75 Å². The minimum absolute atomic E-state index is 0.0849. The Kier molecular flexibility index (Phi) is 5.71. The molecule has 3 nitrogen and oxygen atoms in total. The van der Waals surface area contributed by atoms with Gasteiger partial charge in [0.15, 0.2) is 5.78 Å². The van der Waals surface area contributed by atoms with Gasteiger partial charge in [0.25, 0.3) is 0 Å². The van der Waals surface area contributed by atoms with Crippen LogP contribution in [0, 0.1) is 0 Å². The van der Waals surface area contributed by atoms with Gasteiger partial charge in [-0.3, -0.25) is 9.69 Å². The van der Waals surface area contributed by atoms with Gasteiger partial charge in [0, 0.05) is 22.5 Å². The number of carbonyl (C=O) groups excluding carboxylic acids is 1. The molecule has 26 heavy (non-hydrogen) atoms. The van der Waals surface area contributed by atoms with Crippen LogP contribution in [-0.2, 0) is 0 Å². The Morgan fingerprint density at radius 2 is 1.69 bits per heavy atom. The lowest BCUT2D eigenvalue weighted by molar-refractivity contribution is 0.0261. The number of ketones is 1. The molecule has 0 bridgehead atoms. The van der Waals surface area contributed by atoms with Crippen molar-refractivity contribution in [1.29, 1.82) is 0 Å². The summed E-state index contributed by atoms with van der Waals surface area (Å²) in [5.74, 6) is 0.974. The molecule has 2 fully saturated rings. The maximum Gasteiger partial charge on any atom is 0.193 e. The molecule has 1 aliphatic heterocycles. The SMILES string of the molecule is O=C(c1ccc(OC2CCCCC2N2CCCCC2)cc1)c1ccsc1. The van der Waals surface area contributed by atoms with E-state index < -0.39 is 0 Å². The number of ether oxygens (including phenoxy) is 1. The number of carbonyl (C=O) groups is 1. The fourth-order valence-electron chi connectivity index (χ4n) is 4.30. The lowest BCUT2D eigenvalue weighted by Gasteiger charge is -2.41. The van der Waals surface area contributed by atoms with Crippen LogP contribution >= 0.6 is 11.3 Å². The monoisotopic (exact) mass is 369 g/mol. The van der Waals surface area contributed by atoms with E-state index in [1.807, 2.05) is 41.1 Å². The second-order valence-corrected chi connectivity index (χ2v) is 8.25. The molecule has 0 N–H and O–H groups in total. The van der Waals surface area contributed by atoms with Crippen molar-refractivity contribution in [3.05, 3.63) is 52.2 Å². The van der Waals surface area contributed by atoms with Crippen LogP contribution in [0.3, 0.4) is 0 Å². The molecule has 1 aromatic heterocycles. The average molecular weight is 370 g/mol. The van der Waals surface area contributed by atoms with Gasteiger partial charge in [0.05, 0.1) is 0 Å². The van der Waals surface area contributed by atoms with Gasteiger partial charge in [-0.25, -0.2) is 0 Å². The standard InChI is InChI=1S/C22H27NO2S/c24-22(18-12-15-26-16-18)17-8-10-19(11-9-17)25-21-7-3-2-6-20(21)23-13-4-1-5-14-23/h8-12,15-16,20-21H,1-7,13-14H2. The molecule has 4 rings (SSSR count). The molecule has 0 amide bonds. The summed E-state index contributed by atoms with van der Waals surface area (Å²) in [7, 11) is 0. The highest BCUT2D eigenvalue weighted by atomic mass is 32.1. The fraction of sp³-hybridized carbons (Fsp3) is 0.500. The van der Waals surface area contributed by atoms with Crippen LogP contribution in [0.1, 0.15) is 60.9 Å². The van der Waals surface area contributed by atoms with Crippen LogP contribution in [0.2, 0.25) is 0 Å². The Bertz CT molecular complexity index is 704. The number of benzene rings is 1. The number of piperidine rings is 1. The Balaban J connectivity index is 1.43. The molecule has 1 aliphatic carbocycles. The van der Waals surface area contributed by atoms with Gasteiger partial charge in [-0.15, -0.1) is 0 Å². The third-order valence-electron chi connectivity index (χ3n) is 5.71. The first kappa shape index (κ1) is 17.7. The van der Waals surface area contributed by atoms with Crippen molar-refractivity contribution in [1.82, 2.24) is 4.90 Å². The predicted octanol–water partition coefficient (Wildman–Crippen LogP) is 5.16. The first-order valence-corrected chi connectivity index (χ1v) is 10.8. The van der Waals surface area contributed by atoms with E-state index >= 15 is 0 Å². The van der Waals surface area contributed by atoms with Gasteiger partial charge in [-0.2, -0.15) is 11.3 Å². The summed E-state index contributed by atoms with van der Waals surface area (Å²) >= 11 is 1.55. The molecule has 2 atom stereocenters. The first-order valence-electron chi connectivity index (χ1n) is 9.89. The van der Waals surface area contributed by atoms with Crippen LogP contribution in [-0.4, -0.2) is 35.9 Å². The largest absolute Gasteiger partial charge is 0.489 e. The summed E-state index contributed by atoms with van der Waals surface area (Å²) in [4.78, 5) is 15.1. The zero-order valence-electron chi connectivity index (χ0n) is 15.2. The Hall–Kier alpha value is -1.65. The van der Waals surface area contributed by atoms with Gasteiger partial charge in [0.2, 0.25) is 0 Å². The minimum Gasteiger partial charge on any atom is -0.489 e. The molecule has 138 valence electrons. The summed E-state index contributed by atoms with van der Waals surface area (Å²) in [5, 5.41) is 3.84. The molecular formula is C22H27NO2S. The average Bonchev–Trinajstić information content (AvgIpc) is 3.24. The van der Waals surface area contributed by atoms with Gasteiger partial charge >= 0.3 is 0 Å². The number of rotatable bonds is 5. The van der Waals surface area contributed by atoms with Gasteiger partial charge in [0.1, 0.15) is 11.9 Å². The van der Waals surface area contributed by atoms with Gasteiger partial charge < -0.3 is 4.74 Å². The Morgan fingerprint density at radius 1 is 0.923 bits per heavy atom. The normalized spacial score (nSPS) is 24.3. The predicted molar refractivity (Wildman–Crippen MR) is 106 cm³/mol. The number of likely N-dealkylation sites (tertiary alicyclic amines) is 1. The van der Waals surface area contributed by atoms with Gasteiger partial charge in [-0.05, 0) is 80.9 Å². The molecule has 2 heterocycles. The third kappa shape index (κ3) is 4.02. The summed E-state index contributed by atoms with van der Waals surface area (Å²) < 4.78 is 6.40. The highest BCUT2D eigenvalue weighted by Crippen LogP contribution is 2.29. The van der Waals surface area contributed by atoms with E-state index in [1.165, 1.54) is 51.6 Å². The van der Waals surface area contributed by atoms with E-state index in [0.29, 0.717) is 6.04 Å². The van der Waals surface area contributed by atoms with Crippen molar-refractivity contribution in [3.63, 3.8) is 0 Å². The maximum absolute atomic E-state index is 12.4. The van der Waals surface area contributed by atoms with Crippen molar-refractivity contribution < 1.29 is 9.53 Å². The molecule has 0 radical (unpaired) electrons. The minimum atomic E-state index is 0.0849. The van der Waals surface area contributed by atoms with Crippen LogP contribution in [0.5, 0.6) is 5.75 Å². The number of thiophene rings is 1. The van der Waals surface area contributed by atoms with E-state index in [-0.39, 0.29) is 11.9 Å². The number of hydrogen-bond donors (Lipinski definition) is 0. The summed E-state index contributed by atoms with van der Waals surface area (Å²) in [6, 6.07) is 10.1. The lowest BCUT2D eigenvalue weighted by atomic mass is 9.90. The fourth-order valence-corrected chi connectivity index (χ4v) is 4.94. The Morgan fingerprint density at radius 3 is 2.42 bits per heavy atom. The second kappa shape index (κ2) is 8.36. The number of hydrogen-bond acceptors (Lipinski definition) is 4. The quantitative estimate of drug-likeness (QED) is 0.682. The maximum atomic E-state index is 12.4. The van der Waals surface area contributed by atoms with Crippen molar-refractivity contribution in [2.45, 2.75) is 57.1 Å². The van der Waals surface area contributed by atoms with E-state index in [0.717, 1.165) is 23.3 Å². The van der Waals surface area contributed by atoms with Crippen LogP contribution < -0.4 is 4.74 Å². The molecule has 1 saturated heterocycles. The highest BCUT2D eigenvalue weighted by molar-refractivity contribution is 7.08. The van der Waals surface area contributed by atoms with Crippen molar-refractivity contribution >= 4 is 17.1 Å². The Labute approximate surface area is 160 Å². The second-order valence-electron chi connectivity index (χ2n) is 7.47. The summed E-state index contributed by atoms with van der Waals surface area (Å²) in [5.41, 5.74) is 1.49. The lowest BCUT2D eigenvalue weighted by Crippen LogP contribution is -2.49. The molecular weight excluding hydrogens is 342 g/mol. The molecule has 0 spiro atoms. The van der Waals surface area contributed by atoms with Crippen LogP contribution in [0.25, 0.3) is 0 Å². The van der Waals surface area contributed by atoms with E-state index in [2.05, 4.69) is 4.90 Å². The van der Waals surface area contributed by atoms with Crippen LogP contribution in [0.4, 0.5) is 0 Å². The molecule has 1 saturated carbocycles. The van der Waals surface area contributed by atoms with Crippen molar-refractivity contribution in [2.75, 3.05) is 13.1 Å². The molecule has 4 heteroatoms. The molecule has 2 unspecified atom stereocenters. The third-order valence-corrected chi connectivity index (χ3v) is 6.40. The summed E-state index contributed by atoms with van der Waals surface area (Å²) in [6.45, 7) is 2.44. The smallest absolute Gasteiger partial charge is 0.193 e. The highest BCUT2D eigenvalue weighted by Gasteiger charge is 2.32. The number of nitrogens with zero attached hydrogens (tertiary/aromatic N) is 1. The van der Waals surface area contributed by atoms with Crippen LogP contribution in [0.15, 0.2) is 41.1 Å². The molecule has 2 aromatic rings. The summed E-state index contributed by atoms with van der Waals surface area (Å²) in [6.07, 6.45) is 9.24. The topological polar surface area (TPSA) is 29.5 Å².